The van der Waals surface area contributed by atoms with Gasteiger partial charge in [-0.3, -0.25) is 0 Å². The Bertz CT molecular complexity index is 1060. The van der Waals surface area contributed by atoms with E-state index in [0.29, 0.717) is 19.8 Å². The lowest BCUT2D eigenvalue weighted by molar-refractivity contribution is -0.320. The van der Waals surface area contributed by atoms with Crippen LogP contribution in [0.4, 0.5) is 0 Å². The fraction of sp³-hybridized carbons (Fsp3) is 0.647. The highest BCUT2D eigenvalue weighted by Gasteiger charge is 2.65. The predicted octanol–water partition coefficient (Wildman–Crippen LogP) is 7.69. The van der Waals surface area contributed by atoms with Crippen molar-refractivity contribution >= 4 is 8.56 Å². The van der Waals surface area contributed by atoms with Crippen molar-refractivity contribution in [1.29, 1.82) is 0 Å². The Morgan fingerprint density at radius 1 is 0.732 bits per heavy atom. The summed E-state index contributed by atoms with van der Waals surface area (Å²) in [5.41, 5.74) is 2.22. The van der Waals surface area contributed by atoms with E-state index < -0.39 is 27.1 Å². The summed E-state index contributed by atoms with van der Waals surface area (Å²) in [6.07, 6.45) is 3.79. The Balaban J connectivity index is 1.51. The molecule has 2 aromatic rings. The zero-order valence-corrected chi connectivity index (χ0v) is 26.8. The molecule has 2 bridgehead atoms. The SMILES string of the molecule is CC(C)(C)[Si]1(C(C)(C)C)OC[C@H]2O[C@H](OC3CCCCC3)[C@@H](OCc3ccccc3)[C@@H](O1)[C@@H]2OCc1ccccc1. The van der Waals surface area contributed by atoms with Crippen LogP contribution in [-0.2, 0) is 41.0 Å². The molecule has 0 N–H and O–H groups in total. The van der Waals surface area contributed by atoms with Gasteiger partial charge in [0.2, 0.25) is 0 Å². The van der Waals surface area contributed by atoms with Gasteiger partial charge >= 0.3 is 8.56 Å². The van der Waals surface area contributed by atoms with E-state index in [1.807, 2.05) is 36.4 Å². The number of rotatable bonds is 8. The van der Waals surface area contributed by atoms with Crippen molar-refractivity contribution in [3.63, 3.8) is 0 Å². The zero-order valence-electron chi connectivity index (χ0n) is 25.8. The summed E-state index contributed by atoms with van der Waals surface area (Å²) in [5, 5.41) is -0.396. The van der Waals surface area contributed by atoms with Crippen molar-refractivity contribution in [2.75, 3.05) is 6.61 Å². The summed E-state index contributed by atoms with van der Waals surface area (Å²) in [7, 11) is -2.90. The first-order chi connectivity index (χ1) is 19.6. The van der Waals surface area contributed by atoms with E-state index >= 15 is 0 Å². The average molecular weight is 583 g/mol. The molecular weight excluding hydrogens is 532 g/mol. The van der Waals surface area contributed by atoms with Gasteiger partial charge < -0.3 is 27.8 Å². The molecule has 2 aromatic carbocycles. The molecule has 2 saturated heterocycles. The summed E-state index contributed by atoms with van der Waals surface area (Å²) in [6.45, 7) is 14.8. The molecule has 226 valence electrons. The minimum absolute atomic E-state index is 0.161. The van der Waals surface area contributed by atoms with E-state index in [9.17, 15) is 0 Å². The van der Waals surface area contributed by atoms with Gasteiger partial charge in [-0.15, -0.1) is 0 Å². The molecule has 2 heterocycles. The fourth-order valence-electron chi connectivity index (χ4n) is 6.89. The van der Waals surface area contributed by atoms with Crippen molar-refractivity contribution in [1.82, 2.24) is 0 Å². The van der Waals surface area contributed by atoms with E-state index in [1.54, 1.807) is 0 Å². The van der Waals surface area contributed by atoms with Gasteiger partial charge in [0.25, 0.3) is 0 Å². The van der Waals surface area contributed by atoms with Crippen molar-refractivity contribution in [2.24, 2.45) is 0 Å². The van der Waals surface area contributed by atoms with E-state index in [0.717, 1.165) is 24.0 Å². The molecule has 0 aromatic heterocycles. The molecule has 1 saturated carbocycles. The Labute approximate surface area is 248 Å². The predicted molar refractivity (Wildman–Crippen MR) is 163 cm³/mol. The monoisotopic (exact) mass is 582 g/mol. The smallest absolute Gasteiger partial charge is 0.349 e. The molecule has 2 aliphatic heterocycles. The maximum atomic E-state index is 7.43. The second kappa shape index (κ2) is 13.0. The molecular formula is C34H50O6Si. The summed E-state index contributed by atoms with van der Waals surface area (Å²) in [4.78, 5) is 0. The lowest BCUT2D eigenvalue weighted by atomic mass is 9.96. The molecule has 0 unspecified atom stereocenters. The van der Waals surface area contributed by atoms with Gasteiger partial charge in [0.05, 0.1) is 25.9 Å². The van der Waals surface area contributed by atoms with Crippen LogP contribution in [0.1, 0.15) is 84.8 Å². The van der Waals surface area contributed by atoms with Crippen LogP contribution in [0.15, 0.2) is 60.7 Å². The highest BCUT2D eigenvalue weighted by atomic mass is 28.4. The molecule has 0 radical (unpaired) electrons. The molecule has 6 nitrogen and oxygen atoms in total. The Morgan fingerprint density at radius 3 is 1.80 bits per heavy atom. The normalized spacial score (nSPS) is 29.2. The van der Waals surface area contributed by atoms with Crippen LogP contribution < -0.4 is 0 Å². The number of hydrogen-bond donors (Lipinski definition) is 0. The second-order valence-corrected chi connectivity index (χ2v) is 18.7. The van der Waals surface area contributed by atoms with E-state index in [2.05, 4.69) is 65.8 Å². The van der Waals surface area contributed by atoms with Crippen molar-refractivity contribution in [2.45, 2.75) is 134 Å². The van der Waals surface area contributed by atoms with Gasteiger partial charge in [-0.1, -0.05) is 121 Å². The van der Waals surface area contributed by atoms with E-state index in [4.69, 9.17) is 27.8 Å². The van der Waals surface area contributed by atoms with Crippen molar-refractivity contribution in [3.8, 4) is 0 Å². The quantitative estimate of drug-likeness (QED) is 0.298. The Morgan fingerprint density at radius 2 is 1.27 bits per heavy atom. The van der Waals surface area contributed by atoms with Gasteiger partial charge in [0, 0.05) is 10.1 Å². The minimum Gasteiger partial charge on any atom is -0.391 e. The fourth-order valence-corrected chi connectivity index (χ4v) is 11.8. The second-order valence-electron chi connectivity index (χ2n) is 14.0. The molecule has 0 amide bonds. The van der Waals surface area contributed by atoms with Gasteiger partial charge in [0.1, 0.15) is 24.4 Å². The number of hydrogen-bond acceptors (Lipinski definition) is 6. The highest BCUT2D eigenvalue weighted by molar-refractivity contribution is 6.73. The summed E-state index contributed by atoms with van der Waals surface area (Å²) in [6, 6.07) is 20.6. The van der Waals surface area contributed by atoms with E-state index in [-0.39, 0.29) is 28.4 Å². The summed E-state index contributed by atoms with van der Waals surface area (Å²) >= 11 is 0. The van der Waals surface area contributed by atoms with Gasteiger partial charge in [-0.2, -0.15) is 0 Å². The van der Waals surface area contributed by atoms with E-state index in [1.165, 1.54) is 19.3 Å². The van der Waals surface area contributed by atoms with Gasteiger partial charge in [0.15, 0.2) is 6.29 Å². The van der Waals surface area contributed by atoms with Crippen LogP contribution in [0.3, 0.4) is 0 Å². The van der Waals surface area contributed by atoms with Crippen LogP contribution in [0.25, 0.3) is 0 Å². The number of ether oxygens (including phenoxy) is 4. The molecule has 1 aliphatic carbocycles. The molecule has 41 heavy (non-hydrogen) atoms. The van der Waals surface area contributed by atoms with Crippen molar-refractivity contribution in [3.05, 3.63) is 71.8 Å². The van der Waals surface area contributed by atoms with Crippen LogP contribution in [0, 0.1) is 0 Å². The standard InChI is InChI=1S/C34H50O6Si/c1-33(2,3)41(34(4,5)6)37-24-28-29(35-22-25-16-10-7-11-17-25)30(40-41)31(36-23-26-18-12-8-13-19-26)32(39-28)38-27-20-14-9-15-21-27/h7-8,10-13,16-19,27-32H,9,14-15,20-24H2,1-6H3/t28-,29-,30+,31+,32+/m1/s1. The summed E-state index contributed by atoms with van der Waals surface area (Å²) < 4.78 is 41.4. The topological polar surface area (TPSA) is 55.4 Å². The Hall–Kier alpha value is -1.58. The van der Waals surface area contributed by atoms with Gasteiger partial charge in [-0.05, 0) is 24.0 Å². The van der Waals surface area contributed by atoms with Crippen LogP contribution >= 0.6 is 0 Å². The third kappa shape index (κ3) is 6.98. The first kappa shape index (κ1) is 30.9. The van der Waals surface area contributed by atoms with Crippen LogP contribution in [0.5, 0.6) is 0 Å². The lowest BCUT2D eigenvalue weighted by Gasteiger charge is -2.51. The summed E-state index contributed by atoms with van der Waals surface area (Å²) in [5.74, 6) is 0. The largest absolute Gasteiger partial charge is 0.391 e. The molecule has 3 fully saturated rings. The maximum absolute atomic E-state index is 7.43. The number of fused-ring (bicyclic) bond motifs is 2. The first-order valence-corrected chi connectivity index (χ1v) is 17.3. The van der Waals surface area contributed by atoms with Crippen LogP contribution in [0.2, 0.25) is 10.1 Å². The maximum Gasteiger partial charge on any atom is 0.349 e. The minimum atomic E-state index is -2.90. The third-order valence-electron chi connectivity index (χ3n) is 8.77. The molecule has 5 atom stereocenters. The van der Waals surface area contributed by atoms with Crippen molar-refractivity contribution < 1.29 is 27.8 Å². The highest BCUT2D eigenvalue weighted by Crippen LogP contribution is 2.55. The molecule has 7 heteroatoms. The molecule has 5 rings (SSSR count). The first-order valence-electron chi connectivity index (χ1n) is 15.5. The number of benzene rings is 2. The van der Waals surface area contributed by atoms with Crippen LogP contribution in [-0.4, -0.2) is 52.0 Å². The molecule has 0 spiro atoms. The zero-order chi connectivity index (χ0) is 29.1. The Kier molecular flexibility index (Phi) is 9.76. The molecule has 3 aliphatic rings. The average Bonchev–Trinajstić information content (AvgIpc) is 3.07. The third-order valence-corrected chi connectivity index (χ3v) is 13.9. The van der Waals surface area contributed by atoms with Gasteiger partial charge in [-0.25, -0.2) is 0 Å². The lowest BCUT2D eigenvalue weighted by Crippen LogP contribution is -2.64.